The van der Waals surface area contributed by atoms with Crippen LogP contribution < -0.4 is 0 Å². The van der Waals surface area contributed by atoms with Crippen molar-refractivity contribution in [2.75, 3.05) is 39.8 Å². The summed E-state index contributed by atoms with van der Waals surface area (Å²) in [6.45, 7) is 7.75. The molecular weight excluding hydrogens is 311 g/mol. The van der Waals surface area contributed by atoms with Gasteiger partial charge in [-0.1, -0.05) is 19.9 Å². The molecule has 0 unspecified atom stereocenters. The molecule has 0 aromatic heterocycles. The van der Waals surface area contributed by atoms with Gasteiger partial charge in [0, 0.05) is 18.7 Å². The number of hydrogen-bond donors (Lipinski definition) is 0. The molecule has 0 spiro atoms. The molecule has 0 saturated carbocycles. The van der Waals surface area contributed by atoms with E-state index in [1.807, 2.05) is 0 Å². The minimum Gasteiger partial charge on any atom is -0.469 e. The van der Waals surface area contributed by atoms with E-state index in [1.165, 1.54) is 25.3 Å². The van der Waals surface area contributed by atoms with Gasteiger partial charge in [-0.15, -0.1) is 0 Å². The van der Waals surface area contributed by atoms with Gasteiger partial charge in [0.05, 0.1) is 13.5 Å². The van der Waals surface area contributed by atoms with Crippen LogP contribution in [0.5, 0.6) is 0 Å². The Morgan fingerprint density at radius 2 is 1.83 bits per heavy atom. The summed E-state index contributed by atoms with van der Waals surface area (Å²) in [5, 5.41) is 0. The molecule has 6 heteroatoms. The van der Waals surface area contributed by atoms with Crippen molar-refractivity contribution in [3.05, 3.63) is 35.6 Å². The summed E-state index contributed by atoms with van der Waals surface area (Å²) < 4.78 is 18.0. The van der Waals surface area contributed by atoms with Crippen LogP contribution in [0.15, 0.2) is 24.3 Å². The monoisotopic (exact) mass is 338 g/mol. The van der Waals surface area contributed by atoms with Crippen LogP contribution in [0, 0.1) is 5.82 Å². The maximum atomic E-state index is 13.4. The van der Waals surface area contributed by atoms with Gasteiger partial charge in [0.25, 0.3) is 5.91 Å². The molecular formula is C18H27FN2O3. The normalized spacial score (nSPS) is 10.7. The van der Waals surface area contributed by atoms with E-state index in [9.17, 15) is 14.0 Å². The highest BCUT2D eigenvalue weighted by Crippen LogP contribution is 2.09. The van der Waals surface area contributed by atoms with Crippen molar-refractivity contribution >= 4 is 11.9 Å². The van der Waals surface area contributed by atoms with Gasteiger partial charge in [-0.25, -0.2) is 4.39 Å². The summed E-state index contributed by atoms with van der Waals surface area (Å²) >= 11 is 0. The lowest BCUT2D eigenvalue weighted by atomic mass is 10.1. The van der Waals surface area contributed by atoms with Gasteiger partial charge in [-0.3, -0.25) is 9.59 Å². The first-order chi connectivity index (χ1) is 11.5. The van der Waals surface area contributed by atoms with E-state index in [4.69, 9.17) is 0 Å². The molecule has 0 aliphatic rings. The topological polar surface area (TPSA) is 49.9 Å². The third-order valence-electron chi connectivity index (χ3n) is 3.97. The lowest BCUT2D eigenvalue weighted by Gasteiger charge is -2.24. The van der Waals surface area contributed by atoms with Crippen molar-refractivity contribution in [2.45, 2.75) is 26.7 Å². The summed E-state index contributed by atoms with van der Waals surface area (Å²) in [7, 11) is 1.32. The fourth-order valence-corrected chi connectivity index (χ4v) is 2.47. The number of benzene rings is 1. The fraction of sp³-hybridized carbons (Fsp3) is 0.556. The largest absolute Gasteiger partial charge is 0.469 e. The SMILES string of the molecule is CCN(CC)CCCN(CCC(=O)OC)C(=O)c1cccc(F)c1. The van der Waals surface area contributed by atoms with E-state index in [1.54, 1.807) is 11.0 Å². The smallest absolute Gasteiger partial charge is 0.307 e. The molecule has 5 nitrogen and oxygen atoms in total. The van der Waals surface area contributed by atoms with Crippen LogP contribution >= 0.6 is 0 Å². The molecule has 0 fully saturated rings. The number of rotatable bonds is 10. The standard InChI is InChI=1S/C18H27FN2O3/c1-4-20(5-2)11-7-12-21(13-10-17(22)24-3)18(23)15-8-6-9-16(19)14-15/h6,8-9,14H,4-5,7,10-13H2,1-3H3. The Kier molecular flexibility index (Phi) is 9.01. The molecule has 0 radical (unpaired) electrons. The number of ether oxygens (including phenoxy) is 1. The average molecular weight is 338 g/mol. The molecule has 1 aromatic carbocycles. The quantitative estimate of drug-likeness (QED) is 0.615. The number of halogens is 1. The zero-order valence-electron chi connectivity index (χ0n) is 14.8. The predicted molar refractivity (Wildman–Crippen MR) is 91.3 cm³/mol. The van der Waals surface area contributed by atoms with E-state index in [0.717, 1.165) is 26.1 Å². The van der Waals surface area contributed by atoms with Crippen molar-refractivity contribution in [2.24, 2.45) is 0 Å². The van der Waals surface area contributed by atoms with Gasteiger partial charge in [0.1, 0.15) is 5.82 Å². The molecule has 1 amide bonds. The maximum absolute atomic E-state index is 13.4. The molecule has 0 bridgehead atoms. The Morgan fingerprint density at radius 3 is 2.42 bits per heavy atom. The number of methoxy groups -OCH3 is 1. The minimum absolute atomic E-state index is 0.128. The molecule has 0 saturated heterocycles. The van der Waals surface area contributed by atoms with Gasteiger partial charge >= 0.3 is 5.97 Å². The second kappa shape index (κ2) is 10.8. The first-order valence-corrected chi connectivity index (χ1v) is 8.35. The minimum atomic E-state index is -0.447. The molecule has 0 aliphatic carbocycles. The highest BCUT2D eigenvalue weighted by Gasteiger charge is 2.17. The van der Waals surface area contributed by atoms with Crippen molar-refractivity contribution in [3.8, 4) is 0 Å². The van der Waals surface area contributed by atoms with E-state index < -0.39 is 5.82 Å². The third kappa shape index (κ3) is 6.66. The lowest BCUT2D eigenvalue weighted by molar-refractivity contribution is -0.140. The second-order valence-corrected chi connectivity index (χ2v) is 5.51. The van der Waals surface area contributed by atoms with Crippen LogP contribution in [0.4, 0.5) is 4.39 Å². The summed E-state index contributed by atoms with van der Waals surface area (Å²) in [5.41, 5.74) is 0.294. The number of esters is 1. The Labute approximate surface area is 143 Å². The molecule has 0 N–H and O–H groups in total. The summed E-state index contributed by atoms with van der Waals surface area (Å²) in [6, 6.07) is 5.62. The molecule has 134 valence electrons. The van der Waals surface area contributed by atoms with E-state index in [0.29, 0.717) is 12.1 Å². The first kappa shape index (κ1) is 20.1. The van der Waals surface area contributed by atoms with Crippen molar-refractivity contribution in [1.29, 1.82) is 0 Å². The zero-order valence-corrected chi connectivity index (χ0v) is 14.8. The highest BCUT2D eigenvalue weighted by molar-refractivity contribution is 5.94. The Hall–Kier alpha value is -1.95. The van der Waals surface area contributed by atoms with Crippen LogP contribution in [-0.4, -0.2) is 61.5 Å². The third-order valence-corrected chi connectivity index (χ3v) is 3.97. The van der Waals surface area contributed by atoms with Gasteiger partial charge in [-0.2, -0.15) is 0 Å². The highest BCUT2D eigenvalue weighted by atomic mass is 19.1. The molecule has 0 aliphatic heterocycles. The number of carbonyl (C=O) groups is 2. The van der Waals surface area contributed by atoms with Crippen molar-refractivity contribution < 1.29 is 18.7 Å². The lowest BCUT2D eigenvalue weighted by Crippen LogP contribution is -2.36. The number of hydrogen-bond acceptors (Lipinski definition) is 4. The Balaban J connectivity index is 2.72. The Bertz CT molecular complexity index is 533. The average Bonchev–Trinajstić information content (AvgIpc) is 2.60. The van der Waals surface area contributed by atoms with Crippen LogP contribution in [-0.2, 0) is 9.53 Å². The molecule has 1 rings (SSSR count). The van der Waals surface area contributed by atoms with E-state index in [2.05, 4.69) is 23.5 Å². The van der Waals surface area contributed by atoms with Crippen LogP contribution in [0.1, 0.15) is 37.0 Å². The number of amides is 1. The van der Waals surface area contributed by atoms with Crippen molar-refractivity contribution in [1.82, 2.24) is 9.80 Å². The zero-order chi connectivity index (χ0) is 17.9. The van der Waals surface area contributed by atoms with Gasteiger partial charge in [0.2, 0.25) is 0 Å². The number of carbonyl (C=O) groups excluding carboxylic acids is 2. The summed E-state index contributed by atoms with van der Waals surface area (Å²) in [5.74, 6) is -1.08. The predicted octanol–water partition coefficient (Wildman–Crippen LogP) is 2.56. The van der Waals surface area contributed by atoms with Gasteiger partial charge < -0.3 is 14.5 Å². The molecule has 0 heterocycles. The number of nitrogens with zero attached hydrogens (tertiary/aromatic N) is 2. The second-order valence-electron chi connectivity index (χ2n) is 5.51. The molecule has 24 heavy (non-hydrogen) atoms. The van der Waals surface area contributed by atoms with Crippen LogP contribution in [0.2, 0.25) is 0 Å². The summed E-state index contributed by atoms with van der Waals surface area (Å²) in [6.07, 6.45) is 0.923. The van der Waals surface area contributed by atoms with Crippen LogP contribution in [0.3, 0.4) is 0 Å². The fourth-order valence-electron chi connectivity index (χ4n) is 2.47. The van der Waals surface area contributed by atoms with Gasteiger partial charge in [-0.05, 0) is 44.3 Å². The summed E-state index contributed by atoms with van der Waals surface area (Å²) in [4.78, 5) is 27.8. The first-order valence-electron chi connectivity index (χ1n) is 8.35. The maximum Gasteiger partial charge on any atom is 0.307 e. The Morgan fingerprint density at radius 1 is 1.12 bits per heavy atom. The van der Waals surface area contributed by atoms with E-state index >= 15 is 0 Å². The molecule has 1 aromatic rings. The van der Waals surface area contributed by atoms with Crippen molar-refractivity contribution in [3.63, 3.8) is 0 Å². The van der Waals surface area contributed by atoms with Crippen LogP contribution in [0.25, 0.3) is 0 Å². The van der Waals surface area contributed by atoms with Gasteiger partial charge in [0.15, 0.2) is 0 Å². The molecule has 0 atom stereocenters. The van der Waals surface area contributed by atoms with E-state index in [-0.39, 0.29) is 24.8 Å².